The van der Waals surface area contributed by atoms with Crippen LogP contribution in [0, 0.1) is 11.6 Å². The first-order chi connectivity index (χ1) is 8.88. The van der Waals surface area contributed by atoms with Crippen molar-refractivity contribution in [1.29, 1.82) is 0 Å². The minimum Gasteiger partial charge on any atom is -0.508 e. The minimum atomic E-state index is -4.18. The number of hydrogen-bond donors (Lipinski definition) is 2. The lowest BCUT2D eigenvalue weighted by Crippen LogP contribution is -2.14. The number of hydrogen-bond acceptors (Lipinski definition) is 3. The number of phenols is 1. The summed E-state index contributed by atoms with van der Waals surface area (Å²) in [5, 5.41) is 9.21. The third-order valence-electron chi connectivity index (χ3n) is 2.28. The number of aromatic hydroxyl groups is 1. The van der Waals surface area contributed by atoms with E-state index in [1.807, 2.05) is 0 Å². The predicted molar refractivity (Wildman–Crippen MR) is 65.3 cm³/mol. The van der Waals surface area contributed by atoms with Crippen molar-refractivity contribution in [3.63, 3.8) is 0 Å². The van der Waals surface area contributed by atoms with E-state index in [1.165, 1.54) is 24.3 Å². The molecule has 0 bridgehead atoms. The molecule has 7 heteroatoms. The summed E-state index contributed by atoms with van der Waals surface area (Å²) >= 11 is 0. The largest absolute Gasteiger partial charge is 0.508 e. The molecular weight excluding hydrogens is 276 g/mol. The zero-order valence-electron chi connectivity index (χ0n) is 9.47. The van der Waals surface area contributed by atoms with Crippen LogP contribution in [0.4, 0.5) is 14.5 Å². The lowest BCUT2D eigenvalue weighted by atomic mass is 10.3. The number of rotatable bonds is 3. The molecule has 0 amide bonds. The molecule has 0 aromatic heterocycles. The third-order valence-corrected chi connectivity index (χ3v) is 3.70. The monoisotopic (exact) mass is 285 g/mol. The Morgan fingerprint density at radius 3 is 2.42 bits per heavy atom. The molecule has 0 saturated heterocycles. The van der Waals surface area contributed by atoms with Crippen LogP contribution in [0.3, 0.4) is 0 Å². The summed E-state index contributed by atoms with van der Waals surface area (Å²) in [5.74, 6) is -2.19. The zero-order valence-corrected chi connectivity index (χ0v) is 10.3. The fourth-order valence-corrected chi connectivity index (χ4v) is 2.58. The topological polar surface area (TPSA) is 66.4 Å². The van der Waals surface area contributed by atoms with E-state index >= 15 is 0 Å². The van der Waals surface area contributed by atoms with E-state index in [0.717, 1.165) is 12.1 Å². The van der Waals surface area contributed by atoms with Gasteiger partial charge in [0.2, 0.25) is 0 Å². The molecule has 0 unspecified atom stereocenters. The Bertz CT molecular complexity index is 717. The van der Waals surface area contributed by atoms with E-state index in [-0.39, 0.29) is 11.4 Å². The summed E-state index contributed by atoms with van der Waals surface area (Å²) in [4.78, 5) is -0.669. The van der Waals surface area contributed by atoms with Gasteiger partial charge in [0, 0.05) is 12.1 Å². The molecule has 100 valence electrons. The number of nitrogens with one attached hydrogen (secondary N) is 1. The van der Waals surface area contributed by atoms with Gasteiger partial charge < -0.3 is 5.11 Å². The van der Waals surface area contributed by atoms with Gasteiger partial charge in [0.15, 0.2) is 0 Å². The van der Waals surface area contributed by atoms with Crippen LogP contribution in [0.15, 0.2) is 47.4 Å². The highest BCUT2D eigenvalue weighted by Gasteiger charge is 2.19. The molecule has 0 atom stereocenters. The van der Waals surface area contributed by atoms with Gasteiger partial charge in [-0.1, -0.05) is 6.07 Å². The van der Waals surface area contributed by atoms with Gasteiger partial charge in [-0.15, -0.1) is 0 Å². The molecule has 4 nitrogen and oxygen atoms in total. The average Bonchev–Trinajstić information content (AvgIpc) is 2.27. The van der Waals surface area contributed by atoms with Crippen LogP contribution in [0.25, 0.3) is 0 Å². The van der Waals surface area contributed by atoms with Crippen molar-refractivity contribution in [2.45, 2.75) is 4.90 Å². The molecule has 0 spiro atoms. The quantitative estimate of drug-likeness (QED) is 0.910. The number of benzene rings is 2. The van der Waals surface area contributed by atoms with E-state index in [0.29, 0.717) is 6.07 Å². The fourth-order valence-electron chi connectivity index (χ4n) is 1.47. The maximum Gasteiger partial charge on any atom is 0.264 e. The SMILES string of the molecule is O=S(=O)(Nc1cccc(O)c1)c1ccc(F)cc1F. The highest BCUT2D eigenvalue weighted by atomic mass is 32.2. The van der Waals surface area contributed by atoms with Gasteiger partial charge in [0.1, 0.15) is 22.3 Å². The van der Waals surface area contributed by atoms with E-state index < -0.39 is 26.6 Å². The molecule has 2 aromatic rings. The van der Waals surface area contributed by atoms with Gasteiger partial charge in [-0.25, -0.2) is 17.2 Å². The van der Waals surface area contributed by atoms with Crippen molar-refractivity contribution < 1.29 is 22.3 Å². The summed E-state index contributed by atoms with van der Waals surface area (Å²) < 4.78 is 52.0. The van der Waals surface area contributed by atoms with Crippen molar-refractivity contribution in [2.24, 2.45) is 0 Å². The highest BCUT2D eigenvalue weighted by molar-refractivity contribution is 7.92. The van der Waals surface area contributed by atoms with Gasteiger partial charge >= 0.3 is 0 Å². The van der Waals surface area contributed by atoms with E-state index in [1.54, 1.807) is 0 Å². The van der Waals surface area contributed by atoms with Crippen molar-refractivity contribution in [3.8, 4) is 5.75 Å². The average molecular weight is 285 g/mol. The molecule has 0 heterocycles. The Hall–Kier alpha value is -2.15. The Kier molecular flexibility index (Phi) is 3.39. The Morgan fingerprint density at radius 2 is 1.79 bits per heavy atom. The molecule has 2 rings (SSSR count). The summed E-state index contributed by atoms with van der Waals surface area (Å²) in [6.07, 6.45) is 0. The van der Waals surface area contributed by atoms with Crippen LogP contribution in [-0.4, -0.2) is 13.5 Å². The van der Waals surface area contributed by atoms with Crippen molar-refractivity contribution in [1.82, 2.24) is 0 Å². The fraction of sp³-hybridized carbons (Fsp3) is 0. The molecule has 0 aliphatic rings. The van der Waals surface area contributed by atoms with E-state index in [9.17, 15) is 22.3 Å². The van der Waals surface area contributed by atoms with Crippen molar-refractivity contribution >= 4 is 15.7 Å². The maximum absolute atomic E-state index is 13.4. The van der Waals surface area contributed by atoms with Crippen LogP contribution < -0.4 is 4.72 Å². The van der Waals surface area contributed by atoms with Gasteiger partial charge in [0.05, 0.1) is 5.69 Å². The first-order valence-electron chi connectivity index (χ1n) is 5.15. The van der Waals surface area contributed by atoms with Crippen LogP contribution >= 0.6 is 0 Å². The first-order valence-corrected chi connectivity index (χ1v) is 6.64. The van der Waals surface area contributed by atoms with E-state index in [2.05, 4.69) is 4.72 Å². The van der Waals surface area contributed by atoms with Gasteiger partial charge in [-0.2, -0.15) is 0 Å². The molecule has 2 N–H and O–H groups in total. The molecule has 0 aliphatic heterocycles. The number of phenolic OH excluding ortho intramolecular Hbond substituents is 1. The first kappa shape index (κ1) is 13.3. The van der Waals surface area contributed by atoms with E-state index in [4.69, 9.17) is 0 Å². The maximum atomic E-state index is 13.4. The summed E-state index contributed by atoms with van der Waals surface area (Å²) in [7, 11) is -4.18. The lowest BCUT2D eigenvalue weighted by Gasteiger charge is -2.09. The summed E-state index contributed by atoms with van der Waals surface area (Å²) in [5.41, 5.74) is 0.0729. The molecule has 0 radical (unpaired) electrons. The lowest BCUT2D eigenvalue weighted by molar-refractivity contribution is 0.475. The standard InChI is InChI=1S/C12H9F2NO3S/c13-8-4-5-12(11(14)6-8)19(17,18)15-9-2-1-3-10(16)7-9/h1-7,15-16H. The molecular formula is C12H9F2NO3S. The number of halogens is 2. The molecule has 0 aliphatic carbocycles. The molecule has 2 aromatic carbocycles. The minimum absolute atomic E-state index is 0.0729. The highest BCUT2D eigenvalue weighted by Crippen LogP contribution is 2.21. The molecule has 0 fully saturated rings. The molecule has 0 saturated carbocycles. The second-order valence-electron chi connectivity index (χ2n) is 3.73. The second kappa shape index (κ2) is 4.85. The smallest absolute Gasteiger partial charge is 0.264 e. The normalized spacial score (nSPS) is 11.3. The third kappa shape index (κ3) is 3.00. The van der Waals surface area contributed by atoms with Gasteiger partial charge in [-0.3, -0.25) is 4.72 Å². The van der Waals surface area contributed by atoms with Gasteiger partial charge in [-0.05, 0) is 24.3 Å². The van der Waals surface area contributed by atoms with Crippen molar-refractivity contribution in [3.05, 3.63) is 54.1 Å². The van der Waals surface area contributed by atoms with Crippen LogP contribution in [0.5, 0.6) is 5.75 Å². The van der Waals surface area contributed by atoms with Gasteiger partial charge in [0.25, 0.3) is 10.0 Å². The molecule has 19 heavy (non-hydrogen) atoms. The zero-order chi connectivity index (χ0) is 14.0. The Morgan fingerprint density at radius 1 is 1.05 bits per heavy atom. The number of sulfonamides is 1. The Labute approximate surface area is 108 Å². The van der Waals surface area contributed by atoms with Crippen LogP contribution in [0.2, 0.25) is 0 Å². The summed E-state index contributed by atoms with van der Waals surface area (Å²) in [6, 6.07) is 7.50. The van der Waals surface area contributed by atoms with Crippen LogP contribution in [0.1, 0.15) is 0 Å². The number of anilines is 1. The second-order valence-corrected chi connectivity index (χ2v) is 5.38. The van der Waals surface area contributed by atoms with Crippen molar-refractivity contribution in [2.75, 3.05) is 4.72 Å². The van der Waals surface area contributed by atoms with Crippen LogP contribution in [-0.2, 0) is 10.0 Å². The Balaban J connectivity index is 2.38. The predicted octanol–water partition coefficient (Wildman–Crippen LogP) is 2.47. The summed E-state index contributed by atoms with van der Waals surface area (Å²) in [6.45, 7) is 0.